The molecular weight excluding hydrogens is 243 g/mol. The minimum Gasteiger partial charge on any atom is -0.464 e. The lowest BCUT2D eigenvalue weighted by Crippen LogP contribution is -2.31. The first-order chi connectivity index (χ1) is 8.52. The highest BCUT2D eigenvalue weighted by Crippen LogP contribution is 2.35. The summed E-state index contributed by atoms with van der Waals surface area (Å²) in [5.74, 6) is -1.49. The summed E-state index contributed by atoms with van der Waals surface area (Å²) in [6.45, 7) is 2.19. The van der Waals surface area contributed by atoms with E-state index in [1.807, 2.05) is 0 Å². The Bertz CT molecular complexity index is 518. The number of alkyl halides is 3. The third-order valence-corrected chi connectivity index (χ3v) is 2.87. The molecule has 0 bridgehead atoms. The maximum Gasteiger partial charge on any atom is 0.396 e. The first kappa shape index (κ1) is 13.0. The molecule has 0 saturated carbocycles. The van der Waals surface area contributed by atoms with E-state index in [9.17, 15) is 13.2 Å². The van der Waals surface area contributed by atoms with Crippen LogP contribution in [0.5, 0.6) is 0 Å². The molecule has 0 aliphatic heterocycles. The van der Waals surface area contributed by atoms with Gasteiger partial charge < -0.3 is 9.73 Å². The second-order valence-electron chi connectivity index (χ2n) is 4.12. The molecule has 1 aromatic heterocycles. The molecule has 0 saturated heterocycles. The van der Waals surface area contributed by atoms with Crippen molar-refractivity contribution < 1.29 is 17.6 Å². The predicted molar refractivity (Wildman–Crippen MR) is 63.6 cm³/mol. The Morgan fingerprint density at radius 2 is 2.06 bits per heavy atom. The van der Waals surface area contributed by atoms with Crippen molar-refractivity contribution in [2.75, 3.05) is 13.1 Å². The molecule has 0 radical (unpaired) electrons. The van der Waals surface area contributed by atoms with Crippen molar-refractivity contribution >= 4 is 11.0 Å². The average Bonchev–Trinajstić information content (AvgIpc) is 2.75. The summed E-state index contributed by atoms with van der Waals surface area (Å²) < 4.78 is 44.1. The van der Waals surface area contributed by atoms with Crippen molar-refractivity contribution in [1.82, 2.24) is 5.32 Å². The highest BCUT2D eigenvalue weighted by molar-refractivity contribution is 5.77. The lowest BCUT2D eigenvalue weighted by Gasteiger charge is -2.21. The summed E-state index contributed by atoms with van der Waals surface area (Å²) in [6.07, 6.45) is -2.78. The lowest BCUT2D eigenvalue weighted by atomic mass is 9.97. The van der Waals surface area contributed by atoms with Gasteiger partial charge in [-0.2, -0.15) is 13.2 Å². The van der Waals surface area contributed by atoms with Gasteiger partial charge in [-0.15, -0.1) is 0 Å². The second-order valence-corrected chi connectivity index (χ2v) is 4.12. The van der Waals surface area contributed by atoms with Crippen LogP contribution < -0.4 is 5.32 Å². The molecule has 0 aliphatic carbocycles. The van der Waals surface area contributed by atoms with E-state index in [1.165, 1.54) is 18.4 Å². The fraction of sp³-hybridized carbons (Fsp3) is 0.385. The molecule has 2 aromatic rings. The largest absolute Gasteiger partial charge is 0.464 e. The van der Waals surface area contributed by atoms with E-state index in [-0.39, 0.29) is 12.1 Å². The summed E-state index contributed by atoms with van der Waals surface area (Å²) in [4.78, 5) is 0. The van der Waals surface area contributed by atoms with Gasteiger partial charge in [-0.05, 0) is 30.3 Å². The molecule has 1 atom stereocenters. The molecule has 18 heavy (non-hydrogen) atoms. The average molecular weight is 257 g/mol. The lowest BCUT2D eigenvalue weighted by molar-refractivity contribution is -0.149. The second kappa shape index (κ2) is 5.02. The fourth-order valence-electron chi connectivity index (χ4n) is 1.91. The van der Waals surface area contributed by atoms with Gasteiger partial charge >= 0.3 is 6.18 Å². The third-order valence-electron chi connectivity index (χ3n) is 2.87. The normalized spacial score (nSPS) is 14.0. The summed E-state index contributed by atoms with van der Waals surface area (Å²) in [7, 11) is 0. The highest BCUT2D eigenvalue weighted by atomic mass is 19.4. The van der Waals surface area contributed by atoms with E-state index >= 15 is 0 Å². The molecule has 1 N–H and O–H groups in total. The zero-order chi connectivity index (χ0) is 13.2. The third kappa shape index (κ3) is 2.67. The molecule has 0 amide bonds. The van der Waals surface area contributed by atoms with E-state index in [1.54, 1.807) is 19.1 Å². The summed E-state index contributed by atoms with van der Waals surface area (Å²) >= 11 is 0. The minimum absolute atomic E-state index is 0.108. The van der Waals surface area contributed by atoms with Crippen molar-refractivity contribution in [3.05, 3.63) is 36.1 Å². The van der Waals surface area contributed by atoms with Gasteiger partial charge in [-0.25, -0.2) is 0 Å². The molecular formula is C13H14F3NO. The first-order valence-corrected chi connectivity index (χ1v) is 5.77. The van der Waals surface area contributed by atoms with Crippen LogP contribution in [-0.2, 0) is 0 Å². The summed E-state index contributed by atoms with van der Waals surface area (Å²) in [5, 5.41) is 3.44. The Balaban J connectivity index is 2.34. The summed E-state index contributed by atoms with van der Waals surface area (Å²) in [6, 6.07) is 6.25. The van der Waals surface area contributed by atoms with Crippen molar-refractivity contribution in [1.29, 1.82) is 0 Å². The first-order valence-electron chi connectivity index (χ1n) is 5.77. The monoisotopic (exact) mass is 257 g/mol. The highest BCUT2D eigenvalue weighted by Gasteiger charge is 2.40. The quantitative estimate of drug-likeness (QED) is 0.903. The number of hydrogen-bond acceptors (Lipinski definition) is 2. The van der Waals surface area contributed by atoms with Crippen LogP contribution >= 0.6 is 0 Å². The van der Waals surface area contributed by atoms with Crippen LogP contribution in [0.25, 0.3) is 11.0 Å². The van der Waals surface area contributed by atoms with E-state index in [0.29, 0.717) is 17.5 Å². The van der Waals surface area contributed by atoms with Crippen molar-refractivity contribution in [3.63, 3.8) is 0 Å². The molecule has 0 spiro atoms. The smallest absolute Gasteiger partial charge is 0.396 e. The van der Waals surface area contributed by atoms with Gasteiger partial charge in [-0.1, -0.05) is 13.0 Å². The Hall–Kier alpha value is -1.49. The Kier molecular flexibility index (Phi) is 3.61. The standard InChI is InChI=1S/C13H14F3NO/c1-2-17-8-11(13(14,15)16)9-3-4-12-10(7-9)5-6-18-12/h3-7,11,17H,2,8H2,1H3. The molecule has 1 heterocycles. The molecule has 98 valence electrons. The molecule has 0 fully saturated rings. The van der Waals surface area contributed by atoms with Crippen LogP contribution in [-0.4, -0.2) is 19.3 Å². The van der Waals surface area contributed by atoms with Gasteiger partial charge in [-0.3, -0.25) is 0 Å². The zero-order valence-corrected chi connectivity index (χ0v) is 9.92. The Morgan fingerprint density at radius 1 is 1.28 bits per heavy atom. The van der Waals surface area contributed by atoms with Gasteiger partial charge in [0.25, 0.3) is 0 Å². The number of fused-ring (bicyclic) bond motifs is 1. The van der Waals surface area contributed by atoms with Gasteiger partial charge in [0.2, 0.25) is 0 Å². The number of hydrogen-bond donors (Lipinski definition) is 1. The predicted octanol–water partition coefficient (Wildman–Crippen LogP) is 3.69. The number of halogens is 3. The zero-order valence-electron chi connectivity index (χ0n) is 9.92. The van der Waals surface area contributed by atoms with Crippen molar-refractivity contribution in [3.8, 4) is 0 Å². The van der Waals surface area contributed by atoms with Crippen LogP contribution in [0.1, 0.15) is 18.4 Å². The van der Waals surface area contributed by atoms with Crippen LogP contribution in [0.3, 0.4) is 0 Å². The van der Waals surface area contributed by atoms with Gasteiger partial charge in [0.1, 0.15) is 5.58 Å². The number of benzene rings is 1. The maximum atomic E-state index is 13.0. The fourth-order valence-corrected chi connectivity index (χ4v) is 1.91. The number of furan rings is 1. The van der Waals surface area contributed by atoms with Gasteiger partial charge in [0.15, 0.2) is 0 Å². The van der Waals surface area contributed by atoms with E-state index in [4.69, 9.17) is 4.42 Å². The summed E-state index contributed by atoms with van der Waals surface area (Å²) in [5.41, 5.74) is 0.862. The van der Waals surface area contributed by atoms with E-state index in [2.05, 4.69) is 5.32 Å². The van der Waals surface area contributed by atoms with E-state index < -0.39 is 12.1 Å². The number of rotatable bonds is 4. The SMILES string of the molecule is CCNCC(c1ccc2occc2c1)C(F)(F)F. The van der Waals surface area contributed by atoms with Gasteiger partial charge in [0.05, 0.1) is 12.2 Å². The molecule has 1 aromatic carbocycles. The molecule has 1 unspecified atom stereocenters. The van der Waals surface area contributed by atoms with Crippen LogP contribution in [0.15, 0.2) is 34.9 Å². The molecule has 5 heteroatoms. The number of likely N-dealkylation sites (N-methyl/N-ethyl adjacent to an activating group) is 1. The Morgan fingerprint density at radius 3 is 2.72 bits per heavy atom. The van der Waals surface area contributed by atoms with Crippen LogP contribution in [0.2, 0.25) is 0 Å². The number of nitrogens with one attached hydrogen (secondary N) is 1. The molecule has 2 nitrogen and oxygen atoms in total. The Labute approximate surface area is 103 Å². The molecule has 0 aliphatic rings. The van der Waals surface area contributed by atoms with Crippen molar-refractivity contribution in [2.24, 2.45) is 0 Å². The van der Waals surface area contributed by atoms with Crippen LogP contribution in [0.4, 0.5) is 13.2 Å². The molecule has 2 rings (SSSR count). The van der Waals surface area contributed by atoms with Gasteiger partial charge in [0, 0.05) is 11.9 Å². The van der Waals surface area contributed by atoms with Crippen LogP contribution in [0, 0.1) is 0 Å². The minimum atomic E-state index is -4.25. The van der Waals surface area contributed by atoms with Crippen molar-refractivity contribution in [2.45, 2.75) is 19.0 Å². The van der Waals surface area contributed by atoms with E-state index in [0.717, 1.165) is 0 Å². The topological polar surface area (TPSA) is 25.2 Å². The maximum absolute atomic E-state index is 13.0.